The number of nitrogens with zero attached hydrogens (tertiary/aromatic N) is 2. The van der Waals surface area contributed by atoms with Crippen molar-refractivity contribution in [3.63, 3.8) is 0 Å². The first-order valence-corrected chi connectivity index (χ1v) is 9.26. The van der Waals surface area contributed by atoms with Crippen molar-refractivity contribution in [1.29, 1.82) is 0 Å². The van der Waals surface area contributed by atoms with Gasteiger partial charge in [0.15, 0.2) is 0 Å². The lowest BCUT2D eigenvalue weighted by atomic mass is 9.88. The third-order valence-electron chi connectivity index (χ3n) is 4.68. The number of benzene rings is 2. The summed E-state index contributed by atoms with van der Waals surface area (Å²) in [6.45, 7) is 0.803. The fourth-order valence-corrected chi connectivity index (χ4v) is 3.47. The second kappa shape index (κ2) is 8.81. The minimum atomic E-state index is -0.463. The summed E-state index contributed by atoms with van der Waals surface area (Å²) in [5.74, 6) is -1.33. The zero-order valence-corrected chi connectivity index (χ0v) is 16.0. The zero-order valence-electron chi connectivity index (χ0n) is 16.0. The Morgan fingerprint density at radius 2 is 1.28 bits per heavy atom. The Bertz CT molecular complexity index is 962. The molecule has 0 saturated carbocycles. The maximum atomic E-state index is 13.4. The van der Waals surface area contributed by atoms with Gasteiger partial charge in [0.2, 0.25) is 17.5 Å². The predicted molar refractivity (Wildman–Crippen MR) is 107 cm³/mol. The number of fused-ring (bicyclic) bond motifs is 1. The van der Waals surface area contributed by atoms with Crippen LogP contribution in [0.4, 0.5) is 5.69 Å². The molecule has 0 unspecified atom stereocenters. The molecule has 3 rings (SSSR count). The van der Waals surface area contributed by atoms with E-state index in [1.807, 2.05) is 0 Å². The fraction of sp³-hybridized carbons (Fsp3) is 0.227. The highest BCUT2D eigenvalue weighted by Gasteiger charge is 2.39. The summed E-state index contributed by atoms with van der Waals surface area (Å²) in [5, 5.41) is 18.9. The Morgan fingerprint density at radius 3 is 1.76 bits per heavy atom. The first-order valence-electron chi connectivity index (χ1n) is 9.26. The number of hydrogen-bond acceptors (Lipinski definition) is 6. The largest absolute Gasteiger partial charge is 0.395 e. The van der Waals surface area contributed by atoms with Gasteiger partial charge in [-0.05, 0) is 12.1 Å². The van der Waals surface area contributed by atoms with E-state index >= 15 is 0 Å². The summed E-state index contributed by atoms with van der Waals surface area (Å²) in [6.07, 6.45) is 0. The van der Waals surface area contributed by atoms with Crippen LogP contribution in [0.2, 0.25) is 0 Å². The van der Waals surface area contributed by atoms with Gasteiger partial charge in [-0.3, -0.25) is 19.3 Å². The molecule has 0 bridgehead atoms. The average Bonchev–Trinajstić information content (AvgIpc) is 2.72. The number of para-hydroxylation sites is 1. The molecule has 2 aromatic carbocycles. The molecular formula is C22H22N2O5. The van der Waals surface area contributed by atoms with Crippen LogP contribution >= 0.6 is 0 Å². The fourth-order valence-electron chi connectivity index (χ4n) is 3.47. The molecule has 1 amide bonds. The van der Waals surface area contributed by atoms with E-state index in [0.29, 0.717) is 5.69 Å². The highest BCUT2D eigenvalue weighted by molar-refractivity contribution is 6.29. The lowest BCUT2D eigenvalue weighted by Crippen LogP contribution is -2.43. The number of anilines is 1. The van der Waals surface area contributed by atoms with Crippen molar-refractivity contribution in [2.45, 2.75) is 6.92 Å². The number of allylic oxidation sites excluding steroid dienone is 2. The molecule has 2 N–H and O–H groups in total. The summed E-state index contributed by atoms with van der Waals surface area (Å²) in [6, 6.07) is 15.0. The molecule has 0 atom stereocenters. The van der Waals surface area contributed by atoms with Gasteiger partial charge < -0.3 is 15.1 Å². The highest BCUT2D eigenvalue weighted by Crippen LogP contribution is 2.33. The van der Waals surface area contributed by atoms with Gasteiger partial charge in [0, 0.05) is 36.8 Å². The third-order valence-corrected chi connectivity index (χ3v) is 4.68. The van der Waals surface area contributed by atoms with Gasteiger partial charge in [-0.1, -0.05) is 42.5 Å². The van der Waals surface area contributed by atoms with Crippen LogP contribution in [0.1, 0.15) is 27.6 Å². The number of amides is 1. The van der Waals surface area contributed by atoms with E-state index < -0.39 is 17.5 Å². The Balaban J connectivity index is 2.30. The van der Waals surface area contributed by atoms with Gasteiger partial charge >= 0.3 is 0 Å². The number of rotatable bonds is 7. The van der Waals surface area contributed by atoms with Crippen LogP contribution in [0, 0.1) is 0 Å². The van der Waals surface area contributed by atoms with Gasteiger partial charge in [-0.2, -0.15) is 0 Å². The van der Waals surface area contributed by atoms with E-state index in [2.05, 4.69) is 0 Å². The van der Waals surface area contributed by atoms with Crippen molar-refractivity contribution in [1.82, 2.24) is 4.90 Å². The molecule has 0 spiro atoms. The summed E-state index contributed by atoms with van der Waals surface area (Å²) >= 11 is 0. The molecule has 150 valence electrons. The van der Waals surface area contributed by atoms with Gasteiger partial charge in [-0.25, -0.2) is 0 Å². The van der Waals surface area contributed by atoms with Crippen molar-refractivity contribution < 1.29 is 24.6 Å². The number of ketones is 2. The van der Waals surface area contributed by atoms with Crippen LogP contribution in [0.5, 0.6) is 0 Å². The average molecular weight is 394 g/mol. The van der Waals surface area contributed by atoms with Gasteiger partial charge in [0.1, 0.15) is 11.4 Å². The summed E-state index contributed by atoms with van der Waals surface area (Å²) in [7, 11) is 0. The Hall–Kier alpha value is -3.29. The summed E-state index contributed by atoms with van der Waals surface area (Å²) < 4.78 is 0. The maximum Gasteiger partial charge on any atom is 0.228 e. The van der Waals surface area contributed by atoms with Crippen LogP contribution in [-0.4, -0.2) is 58.9 Å². The van der Waals surface area contributed by atoms with Crippen molar-refractivity contribution >= 4 is 23.2 Å². The Kier molecular flexibility index (Phi) is 6.21. The maximum absolute atomic E-state index is 13.4. The molecule has 0 fully saturated rings. The quantitative estimate of drug-likeness (QED) is 0.741. The number of aliphatic hydroxyl groups excluding tert-OH is 2. The topological polar surface area (TPSA) is 98.2 Å². The number of hydrogen-bond donors (Lipinski definition) is 2. The predicted octanol–water partition coefficient (Wildman–Crippen LogP) is 1.62. The molecular weight excluding hydrogens is 372 g/mol. The third kappa shape index (κ3) is 3.83. The van der Waals surface area contributed by atoms with E-state index in [0.717, 1.165) is 0 Å². The molecule has 0 aliphatic heterocycles. The highest BCUT2D eigenvalue weighted by atomic mass is 16.3. The van der Waals surface area contributed by atoms with Crippen LogP contribution in [0.3, 0.4) is 0 Å². The van der Waals surface area contributed by atoms with E-state index in [1.54, 1.807) is 54.6 Å². The van der Waals surface area contributed by atoms with Gasteiger partial charge in [0.05, 0.1) is 13.2 Å². The number of carbonyl (C=O) groups is 3. The van der Waals surface area contributed by atoms with Crippen molar-refractivity contribution in [3.8, 4) is 0 Å². The Morgan fingerprint density at radius 1 is 0.793 bits per heavy atom. The van der Waals surface area contributed by atoms with Crippen LogP contribution in [0.25, 0.3) is 0 Å². The van der Waals surface area contributed by atoms with Gasteiger partial charge in [0.25, 0.3) is 0 Å². The molecule has 1 aliphatic rings. The smallest absolute Gasteiger partial charge is 0.228 e. The zero-order chi connectivity index (χ0) is 21.0. The second-order valence-electron chi connectivity index (χ2n) is 6.53. The molecule has 29 heavy (non-hydrogen) atoms. The lowest BCUT2D eigenvalue weighted by molar-refractivity contribution is -0.116. The SMILES string of the molecule is CC(=O)N(C1=C(N(CCO)CCO)C(=O)c2ccccc2C1=O)c1ccccc1. The monoisotopic (exact) mass is 394 g/mol. The first-order chi connectivity index (χ1) is 14.0. The number of aliphatic hydroxyl groups is 2. The Labute approximate surface area is 168 Å². The molecule has 7 nitrogen and oxygen atoms in total. The normalized spacial score (nSPS) is 13.3. The molecule has 0 heterocycles. The lowest BCUT2D eigenvalue weighted by Gasteiger charge is -2.34. The molecule has 7 heteroatoms. The van der Waals surface area contributed by atoms with Crippen molar-refractivity contribution in [2.24, 2.45) is 0 Å². The van der Waals surface area contributed by atoms with Crippen LogP contribution < -0.4 is 4.90 Å². The van der Waals surface area contributed by atoms with E-state index in [1.165, 1.54) is 16.7 Å². The second-order valence-corrected chi connectivity index (χ2v) is 6.53. The van der Waals surface area contributed by atoms with E-state index in [-0.39, 0.29) is 48.8 Å². The standard InChI is InChI=1S/C22H22N2O5/c1-15(27)24(16-7-3-2-4-8-16)20-19(23(11-13-25)12-14-26)21(28)17-9-5-6-10-18(17)22(20)29/h2-10,25-26H,11-14H2,1H3. The van der Waals surface area contributed by atoms with E-state index in [9.17, 15) is 24.6 Å². The number of carbonyl (C=O) groups excluding carboxylic acids is 3. The minimum Gasteiger partial charge on any atom is -0.395 e. The van der Waals surface area contributed by atoms with E-state index in [4.69, 9.17) is 0 Å². The van der Waals surface area contributed by atoms with Gasteiger partial charge in [-0.15, -0.1) is 0 Å². The van der Waals surface area contributed by atoms with Crippen LogP contribution in [0.15, 0.2) is 66.0 Å². The number of Topliss-reactive ketones (excluding diaryl/α,β-unsaturated/α-hetero) is 2. The molecule has 0 aromatic heterocycles. The molecule has 2 aromatic rings. The molecule has 0 saturated heterocycles. The minimum absolute atomic E-state index is 0.00384. The molecule has 0 radical (unpaired) electrons. The summed E-state index contributed by atoms with van der Waals surface area (Å²) in [4.78, 5) is 42.1. The van der Waals surface area contributed by atoms with Crippen molar-refractivity contribution in [2.75, 3.05) is 31.2 Å². The van der Waals surface area contributed by atoms with Crippen LogP contribution in [-0.2, 0) is 4.79 Å². The summed E-state index contributed by atoms with van der Waals surface area (Å²) in [5.41, 5.74) is 0.811. The van der Waals surface area contributed by atoms with Crippen molar-refractivity contribution in [3.05, 3.63) is 77.1 Å². The molecule has 1 aliphatic carbocycles. The first kappa shape index (κ1) is 20.4.